The SMILES string of the molecule is CCOC(=O)CCn1c(CCl)nc2cnccc21. The van der Waals surface area contributed by atoms with E-state index in [1.165, 1.54) is 0 Å². The number of ether oxygens (including phenoxy) is 1. The topological polar surface area (TPSA) is 57.0 Å². The van der Waals surface area contributed by atoms with Crippen molar-refractivity contribution >= 4 is 28.6 Å². The zero-order valence-electron chi connectivity index (χ0n) is 10.1. The van der Waals surface area contributed by atoms with Crippen LogP contribution in [0.3, 0.4) is 0 Å². The van der Waals surface area contributed by atoms with E-state index in [1.807, 2.05) is 10.6 Å². The summed E-state index contributed by atoms with van der Waals surface area (Å²) in [6, 6.07) is 1.86. The van der Waals surface area contributed by atoms with Gasteiger partial charge in [-0.2, -0.15) is 0 Å². The Bertz CT molecular complexity index is 553. The van der Waals surface area contributed by atoms with Crippen LogP contribution < -0.4 is 0 Å². The molecule has 0 unspecified atom stereocenters. The molecule has 0 amide bonds. The maximum Gasteiger partial charge on any atom is 0.307 e. The number of imidazole rings is 1. The standard InChI is InChI=1S/C12H14ClN3O2/c1-2-18-12(17)4-6-16-10-3-5-14-8-9(10)15-11(16)7-13/h3,5,8H,2,4,6-7H2,1H3. The van der Waals surface area contributed by atoms with Gasteiger partial charge in [-0.05, 0) is 13.0 Å². The van der Waals surface area contributed by atoms with Crippen LogP contribution in [0.25, 0.3) is 11.0 Å². The molecule has 2 rings (SSSR count). The summed E-state index contributed by atoms with van der Waals surface area (Å²) in [4.78, 5) is 19.8. The first kappa shape index (κ1) is 12.8. The molecule has 18 heavy (non-hydrogen) atoms. The molecule has 5 nitrogen and oxygen atoms in total. The molecule has 0 aliphatic rings. The summed E-state index contributed by atoms with van der Waals surface area (Å²) in [7, 11) is 0. The average molecular weight is 268 g/mol. The molecule has 0 aromatic carbocycles. The first-order chi connectivity index (χ1) is 8.76. The summed E-state index contributed by atoms with van der Waals surface area (Å²) in [6.07, 6.45) is 3.70. The Morgan fingerprint density at radius 3 is 3.11 bits per heavy atom. The van der Waals surface area contributed by atoms with Crippen molar-refractivity contribution in [3.63, 3.8) is 0 Å². The third-order valence-electron chi connectivity index (χ3n) is 2.59. The number of pyridine rings is 1. The van der Waals surface area contributed by atoms with E-state index in [9.17, 15) is 4.79 Å². The Balaban J connectivity index is 2.23. The van der Waals surface area contributed by atoms with Gasteiger partial charge in [0.2, 0.25) is 0 Å². The molecule has 2 aromatic heterocycles. The lowest BCUT2D eigenvalue weighted by Crippen LogP contribution is -2.10. The zero-order chi connectivity index (χ0) is 13.0. The van der Waals surface area contributed by atoms with E-state index >= 15 is 0 Å². The molecule has 0 aliphatic carbocycles. The van der Waals surface area contributed by atoms with Crippen LogP contribution in [0.5, 0.6) is 0 Å². The summed E-state index contributed by atoms with van der Waals surface area (Å²) in [5.41, 5.74) is 1.72. The number of carbonyl (C=O) groups is 1. The highest BCUT2D eigenvalue weighted by molar-refractivity contribution is 6.16. The van der Waals surface area contributed by atoms with Crippen LogP contribution in [-0.4, -0.2) is 27.1 Å². The fourth-order valence-electron chi connectivity index (χ4n) is 1.82. The van der Waals surface area contributed by atoms with Crippen LogP contribution >= 0.6 is 11.6 Å². The van der Waals surface area contributed by atoms with Crippen molar-refractivity contribution in [3.8, 4) is 0 Å². The van der Waals surface area contributed by atoms with Gasteiger partial charge in [-0.3, -0.25) is 9.78 Å². The van der Waals surface area contributed by atoms with Gasteiger partial charge >= 0.3 is 5.97 Å². The molecular weight excluding hydrogens is 254 g/mol. The summed E-state index contributed by atoms with van der Waals surface area (Å²) < 4.78 is 6.84. The predicted molar refractivity (Wildman–Crippen MR) is 68.3 cm³/mol. The summed E-state index contributed by atoms with van der Waals surface area (Å²) >= 11 is 5.86. The number of nitrogens with zero attached hydrogens (tertiary/aromatic N) is 3. The molecule has 0 fully saturated rings. The minimum Gasteiger partial charge on any atom is -0.466 e. The molecule has 6 heteroatoms. The number of esters is 1. The zero-order valence-corrected chi connectivity index (χ0v) is 10.9. The molecule has 0 radical (unpaired) electrons. The molecule has 96 valence electrons. The van der Waals surface area contributed by atoms with Gasteiger partial charge in [0, 0.05) is 12.7 Å². The molecule has 0 atom stereocenters. The number of hydrogen-bond donors (Lipinski definition) is 0. The Kier molecular flexibility index (Phi) is 4.15. The van der Waals surface area contributed by atoms with Crippen molar-refractivity contribution in [2.75, 3.05) is 6.61 Å². The molecule has 2 heterocycles. The minimum absolute atomic E-state index is 0.214. The van der Waals surface area contributed by atoms with Crippen LogP contribution in [0, 0.1) is 0 Å². The van der Waals surface area contributed by atoms with E-state index in [2.05, 4.69) is 9.97 Å². The van der Waals surface area contributed by atoms with E-state index in [0.29, 0.717) is 25.5 Å². The summed E-state index contributed by atoms with van der Waals surface area (Å²) in [5, 5.41) is 0. The number of fused-ring (bicyclic) bond motifs is 1. The number of carbonyl (C=O) groups excluding carboxylic acids is 1. The third-order valence-corrected chi connectivity index (χ3v) is 2.83. The monoisotopic (exact) mass is 267 g/mol. The second-order valence-electron chi connectivity index (χ2n) is 3.73. The quantitative estimate of drug-likeness (QED) is 0.615. The molecular formula is C12H14ClN3O2. The molecule has 0 bridgehead atoms. The Morgan fingerprint density at radius 2 is 2.39 bits per heavy atom. The van der Waals surface area contributed by atoms with Crippen molar-refractivity contribution in [2.24, 2.45) is 0 Å². The largest absolute Gasteiger partial charge is 0.466 e. The van der Waals surface area contributed by atoms with Gasteiger partial charge in [-0.25, -0.2) is 4.98 Å². The van der Waals surface area contributed by atoms with Crippen molar-refractivity contribution < 1.29 is 9.53 Å². The second-order valence-corrected chi connectivity index (χ2v) is 4.00. The minimum atomic E-state index is -0.214. The maximum absolute atomic E-state index is 11.4. The van der Waals surface area contributed by atoms with Gasteiger partial charge in [0.15, 0.2) is 0 Å². The van der Waals surface area contributed by atoms with Crippen LogP contribution in [0.15, 0.2) is 18.5 Å². The van der Waals surface area contributed by atoms with Gasteiger partial charge < -0.3 is 9.30 Å². The molecule has 0 aliphatic heterocycles. The van der Waals surface area contributed by atoms with Crippen LogP contribution in [-0.2, 0) is 22.0 Å². The van der Waals surface area contributed by atoms with Crippen molar-refractivity contribution in [1.29, 1.82) is 0 Å². The fraction of sp³-hybridized carbons (Fsp3) is 0.417. The normalized spacial score (nSPS) is 10.8. The van der Waals surface area contributed by atoms with E-state index in [-0.39, 0.29) is 5.97 Å². The van der Waals surface area contributed by atoms with E-state index < -0.39 is 0 Å². The fourth-order valence-corrected chi connectivity index (χ4v) is 2.02. The van der Waals surface area contributed by atoms with Crippen LogP contribution in [0.2, 0.25) is 0 Å². The summed E-state index contributed by atoms with van der Waals surface area (Å²) in [5.74, 6) is 0.829. The first-order valence-corrected chi connectivity index (χ1v) is 6.30. The van der Waals surface area contributed by atoms with Gasteiger partial charge in [-0.15, -0.1) is 11.6 Å². The number of aryl methyl sites for hydroxylation is 1. The smallest absolute Gasteiger partial charge is 0.307 e. The number of alkyl halides is 1. The maximum atomic E-state index is 11.4. The lowest BCUT2D eigenvalue weighted by atomic mass is 10.3. The highest BCUT2D eigenvalue weighted by atomic mass is 35.5. The van der Waals surface area contributed by atoms with Crippen molar-refractivity contribution in [2.45, 2.75) is 25.8 Å². The second kappa shape index (κ2) is 5.82. The Labute approximate surface area is 110 Å². The van der Waals surface area contributed by atoms with Crippen LogP contribution in [0.4, 0.5) is 0 Å². The summed E-state index contributed by atoms with van der Waals surface area (Å²) in [6.45, 7) is 2.71. The first-order valence-electron chi connectivity index (χ1n) is 5.77. The molecule has 0 spiro atoms. The van der Waals surface area contributed by atoms with Crippen LogP contribution in [0.1, 0.15) is 19.2 Å². The van der Waals surface area contributed by atoms with Gasteiger partial charge in [0.1, 0.15) is 11.3 Å². The number of aromatic nitrogens is 3. The van der Waals surface area contributed by atoms with Crippen molar-refractivity contribution in [3.05, 3.63) is 24.3 Å². The Hall–Kier alpha value is -1.62. The number of hydrogen-bond acceptors (Lipinski definition) is 4. The highest BCUT2D eigenvalue weighted by Gasteiger charge is 2.11. The van der Waals surface area contributed by atoms with Gasteiger partial charge in [-0.1, -0.05) is 0 Å². The molecule has 0 saturated carbocycles. The van der Waals surface area contributed by atoms with E-state index in [1.54, 1.807) is 19.3 Å². The lowest BCUT2D eigenvalue weighted by molar-refractivity contribution is -0.143. The van der Waals surface area contributed by atoms with Crippen molar-refractivity contribution in [1.82, 2.24) is 14.5 Å². The van der Waals surface area contributed by atoms with E-state index in [4.69, 9.17) is 16.3 Å². The Morgan fingerprint density at radius 1 is 1.56 bits per heavy atom. The number of halogens is 1. The highest BCUT2D eigenvalue weighted by Crippen LogP contribution is 2.16. The number of rotatable bonds is 5. The molecule has 0 saturated heterocycles. The lowest BCUT2D eigenvalue weighted by Gasteiger charge is -2.07. The molecule has 2 aromatic rings. The molecule has 0 N–H and O–H groups in total. The van der Waals surface area contributed by atoms with Gasteiger partial charge in [0.05, 0.1) is 30.6 Å². The van der Waals surface area contributed by atoms with Gasteiger partial charge in [0.25, 0.3) is 0 Å². The third kappa shape index (κ3) is 2.61. The van der Waals surface area contributed by atoms with E-state index in [0.717, 1.165) is 16.9 Å². The predicted octanol–water partition coefficient (Wildman–Crippen LogP) is 2.12. The average Bonchev–Trinajstić information content (AvgIpc) is 2.74.